The molecule has 152 valence electrons. The van der Waals surface area contributed by atoms with E-state index in [0.29, 0.717) is 19.4 Å². The summed E-state index contributed by atoms with van der Waals surface area (Å²) in [5, 5.41) is 12.0. The SMILES string of the molecule is CC[C@](C)(CCCO[Si](c1ccccc1)(c1ccccc1)C(C)(C)C)C(=O)O. The van der Waals surface area contributed by atoms with Gasteiger partial charge in [0.15, 0.2) is 0 Å². The maximum atomic E-state index is 11.6. The first-order valence-electron chi connectivity index (χ1n) is 10.2. The van der Waals surface area contributed by atoms with Crippen molar-refractivity contribution in [2.75, 3.05) is 6.61 Å². The maximum Gasteiger partial charge on any atom is 0.309 e. The van der Waals surface area contributed by atoms with Gasteiger partial charge in [-0.15, -0.1) is 0 Å². The lowest BCUT2D eigenvalue weighted by Gasteiger charge is -2.43. The highest BCUT2D eigenvalue weighted by Crippen LogP contribution is 2.37. The van der Waals surface area contributed by atoms with Crippen molar-refractivity contribution in [1.82, 2.24) is 0 Å². The molecule has 0 saturated carbocycles. The van der Waals surface area contributed by atoms with Crippen molar-refractivity contribution in [3.63, 3.8) is 0 Å². The molecule has 0 spiro atoms. The molecule has 3 nitrogen and oxygen atoms in total. The van der Waals surface area contributed by atoms with Gasteiger partial charge in [-0.1, -0.05) is 88.4 Å². The largest absolute Gasteiger partial charge is 0.481 e. The average Bonchev–Trinajstić information content (AvgIpc) is 2.68. The van der Waals surface area contributed by atoms with Crippen LogP contribution in [-0.2, 0) is 9.22 Å². The van der Waals surface area contributed by atoms with E-state index in [1.165, 1.54) is 10.4 Å². The summed E-state index contributed by atoms with van der Waals surface area (Å²) < 4.78 is 6.83. The molecule has 0 saturated heterocycles. The molecule has 0 heterocycles. The summed E-state index contributed by atoms with van der Waals surface area (Å²) in [4.78, 5) is 11.6. The molecule has 1 N–H and O–H groups in total. The number of hydrogen-bond donors (Lipinski definition) is 1. The lowest BCUT2D eigenvalue weighted by atomic mass is 9.83. The van der Waals surface area contributed by atoms with Crippen LogP contribution in [0.4, 0.5) is 0 Å². The predicted octanol–water partition coefficient (Wildman–Crippen LogP) is 4.84. The Morgan fingerprint density at radius 1 is 0.929 bits per heavy atom. The first kappa shape index (κ1) is 22.4. The molecule has 0 fully saturated rings. The van der Waals surface area contributed by atoms with Gasteiger partial charge in [-0.05, 0) is 41.6 Å². The van der Waals surface area contributed by atoms with Gasteiger partial charge in [-0.2, -0.15) is 0 Å². The standard InChI is InChI=1S/C24H34O3Si/c1-6-24(5,22(25)26)18-13-19-27-28(23(2,3)4,20-14-9-7-10-15-20)21-16-11-8-12-17-21/h7-12,14-17H,6,13,18-19H2,1-5H3,(H,25,26)/t24-/m1/s1. The van der Waals surface area contributed by atoms with E-state index in [0.717, 1.165) is 6.42 Å². The highest BCUT2D eigenvalue weighted by molar-refractivity contribution is 6.99. The molecular formula is C24H34O3Si. The van der Waals surface area contributed by atoms with Gasteiger partial charge in [0, 0.05) is 6.61 Å². The topological polar surface area (TPSA) is 46.5 Å². The van der Waals surface area contributed by atoms with Gasteiger partial charge in [-0.25, -0.2) is 0 Å². The Balaban J connectivity index is 2.36. The summed E-state index contributed by atoms with van der Waals surface area (Å²) in [6.45, 7) is 11.1. The molecule has 0 unspecified atom stereocenters. The Bertz CT molecular complexity index is 713. The van der Waals surface area contributed by atoms with Gasteiger partial charge in [0.05, 0.1) is 5.41 Å². The van der Waals surface area contributed by atoms with Crippen LogP contribution in [0.2, 0.25) is 5.04 Å². The van der Waals surface area contributed by atoms with Crippen LogP contribution in [0, 0.1) is 5.41 Å². The predicted molar refractivity (Wildman–Crippen MR) is 119 cm³/mol. The first-order chi connectivity index (χ1) is 13.2. The summed E-state index contributed by atoms with van der Waals surface area (Å²) in [5.74, 6) is -0.722. The van der Waals surface area contributed by atoms with Crippen molar-refractivity contribution in [3.05, 3.63) is 60.7 Å². The van der Waals surface area contributed by atoms with E-state index in [2.05, 4.69) is 69.3 Å². The van der Waals surface area contributed by atoms with E-state index < -0.39 is 19.7 Å². The van der Waals surface area contributed by atoms with Crippen LogP contribution in [-0.4, -0.2) is 26.0 Å². The number of benzene rings is 2. The van der Waals surface area contributed by atoms with Crippen LogP contribution in [0.5, 0.6) is 0 Å². The third-order valence-corrected chi connectivity index (χ3v) is 10.9. The van der Waals surface area contributed by atoms with Crippen molar-refractivity contribution in [3.8, 4) is 0 Å². The molecular weight excluding hydrogens is 364 g/mol. The second kappa shape index (κ2) is 9.06. The first-order valence-corrected chi connectivity index (χ1v) is 12.1. The van der Waals surface area contributed by atoms with Crippen LogP contribution in [0.3, 0.4) is 0 Å². The second-order valence-corrected chi connectivity index (χ2v) is 13.1. The van der Waals surface area contributed by atoms with Gasteiger partial charge >= 0.3 is 5.97 Å². The minimum absolute atomic E-state index is 0.0590. The van der Waals surface area contributed by atoms with Crippen molar-refractivity contribution in [2.24, 2.45) is 5.41 Å². The summed E-state index contributed by atoms with van der Waals surface area (Å²) in [6.07, 6.45) is 1.99. The molecule has 0 aliphatic rings. The third kappa shape index (κ3) is 4.56. The highest BCUT2D eigenvalue weighted by atomic mass is 28.4. The molecule has 2 rings (SSSR count). The molecule has 0 bridgehead atoms. The number of rotatable bonds is 9. The minimum atomic E-state index is -2.53. The van der Waals surface area contributed by atoms with E-state index in [-0.39, 0.29) is 5.04 Å². The Kier molecular flexibility index (Phi) is 7.24. The fraction of sp³-hybridized carbons (Fsp3) is 0.458. The zero-order valence-electron chi connectivity index (χ0n) is 17.9. The minimum Gasteiger partial charge on any atom is -0.481 e. The van der Waals surface area contributed by atoms with Crippen molar-refractivity contribution < 1.29 is 14.3 Å². The van der Waals surface area contributed by atoms with Gasteiger partial charge in [0.1, 0.15) is 0 Å². The van der Waals surface area contributed by atoms with Crippen LogP contribution >= 0.6 is 0 Å². The Labute approximate surface area is 170 Å². The molecule has 0 aromatic heterocycles. The zero-order valence-corrected chi connectivity index (χ0v) is 18.9. The molecule has 1 atom stereocenters. The molecule has 0 amide bonds. The number of aliphatic carboxylic acids is 1. The fourth-order valence-electron chi connectivity index (χ4n) is 3.88. The second-order valence-electron chi connectivity index (χ2n) is 8.83. The number of carbonyl (C=O) groups is 1. The molecule has 28 heavy (non-hydrogen) atoms. The van der Waals surface area contributed by atoms with E-state index >= 15 is 0 Å². The molecule has 2 aromatic carbocycles. The average molecular weight is 399 g/mol. The van der Waals surface area contributed by atoms with E-state index in [1.54, 1.807) is 0 Å². The Morgan fingerprint density at radius 2 is 1.39 bits per heavy atom. The van der Waals surface area contributed by atoms with Gasteiger partial charge in [0.25, 0.3) is 8.32 Å². The summed E-state index contributed by atoms with van der Waals surface area (Å²) >= 11 is 0. The van der Waals surface area contributed by atoms with Gasteiger partial charge in [0.2, 0.25) is 0 Å². The maximum absolute atomic E-state index is 11.6. The lowest BCUT2D eigenvalue weighted by molar-refractivity contribution is -0.148. The normalized spacial score (nSPS) is 14.5. The highest BCUT2D eigenvalue weighted by Gasteiger charge is 2.50. The zero-order chi connectivity index (χ0) is 20.8. The molecule has 2 aromatic rings. The van der Waals surface area contributed by atoms with Crippen molar-refractivity contribution in [1.29, 1.82) is 0 Å². The monoisotopic (exact) mass is 398 g/mol. The van der Waals surface area contributed by atoms with E-state index in [1.807, 2.05) is 26.0 Å². The molecule has 4 heteroatoms. The number of carboxylic acid groups (broad SMARTS) is 1. The molecule has 0 radical (unpaired) electrons. The van der Waals surface area contributed by atoms with Crippen LogP contribution in [0.25, 0.3) is 0 Å². The van der Waals surface area contributed by atoms with Crippen LogP contribution < -0.4 is 10.4 Å². The van der Waals surface area contributed by atoms with E-state index in [9.17, 15) is 9.90 Å². The van der Waals surface area contributed by atoms with E-state index in [4.69, 9.17) is 4.43 Å². The molecule has 0 aliphatic carbocycles. The van der Waals surface area contributed by atoms with Gasteiger partial charge in [-0.3, -0.25) is 4.79 Å². The van der Waals surface area contributed by atoms with Gasteiger partial charge < -0.3 is 9.53 Å². The molecule has 0 aliphatic heterocycles. The van der Waals surface area contributed by atoms with Crippen LogP contribution in [0.1, 0.15) is 53.9 Å². The lowest BCUT2D eigenvalue weighted by Crippen LogP contribution is -2.66. The van der Waals surface area contributed by atoms with Crippen LogP contribution in [0.15, 0.2) is 60.7 Å². The van der Waals surface area contributed by atoms with Crippen molar-refractivity contribution in [2.45, 2.75) is 58.9 Å². The Morgan fingerprint density at radius 3 is 1.75 bits per heavy atom. The summed E-state index contributed by atoms with van der Waals surface area (Å²) in [6, 6.07) is 21.1. The smallest absolute Gasteiger partial charge is 0.309 e. The fourth-order valence-corrected chi connectivity index (χ4v) is 8.49. The quantitative estimate of drug-likeness (QED) is 0.485. The summed E-state index contributed by atoms with van der Waals surface area (Å²) in [7, 11) is -2.53. The van der Waals surface area contributed by atoms with Crippen molar-refractivity contribution >= 4 is 24.7 Å². The summed E-state index contributed by atoms with van der Waals surface area (Å²) in [5.41, 5.74) is -0.686. The number of hydrogen-bond acceptors (Lipinski definition) is 2. The Hall–Kier alpha value is -1.91. The third-order valence-electron chi connectivity index (χ3n) is 5.90. The number of carboxylic acids is 1.